The van der Waals surface area contributed by atoms with Crippen LogP contribution in [0, 0.1) is 6.92 Å². The van der Waals surface area contributed by atoms with Gasteiger partial charge in [-0.25, -0.2) is 21.6 Å². The van der Waals surface area contributed by atoms with Gasteiger partial charge in [0.2, 0.25) is 0 Å². The summed E-state index contributed by atoms with van der Waals surface area (Å²) in [4.78, 5) is 27.4. The number of nitrogens with zero attached hydrogens (tertiary/aromatic N) is 1. The lowest BCUT2D eigenvalue weighted by Crippen LogP contribution is -2.42. The van der Waals surface area contributed by atoms with Gasteiger partial charge in [-0.2, -0.15) is 0 Å². The van der Waals surface area contributed by atoms with Crippen molar-refractivity contribution in [2.45, 2.75) is 43.6 Å². The molecule has 1 fully saturated rings. The molecule has 12 heteroatoms. The van der Waals surface area contributed by atoms with Gasteiger partial charge in [-0.15, -0.1) is 0 Å². The largest absolute Gasteiger partial charge is 0.492 e. The van der Waals surface area contributed by atoms with Crippen molar-refractivity contribution in [3.8, 4) is 16.9 Å². The van der Waals surface area contributed by atoms with Crippen LogP contribution in [0.25, 0.3) is 11.1 Å². The Kier molecular flexibility index (Phi) is 10.5. The highest BCUT2D eigenvalue weighted by molar-refractivity contribution is 7.91. The minimum Gasteiger partial charge on any atom is -0.492 e. The van der Waals surface area contributed by atoms with E-state index in [1.165, 1.54) is 6.26 Å². The van der Waals surface area contributed by atoms with Crippen molar-refractivity contribution in [1.82, 2.24) is 10.2 Å². The molecule has 2 N–H and O–H groups in total. The maximum absolute atomic E-state index is 13.5. The average molecular weight is 643 g/mol. The van der Waals surface area contributed by atoms with E-state index in [0.29, 0.717) is 37.4 Å². The standard InChI is InChI=1S/C32H38N2O8S2/c1-22-9-7-8-12-27(22)29-17-23(13-14-28(29)31(35)33-30(32(36)37)15-16-43(2,38)39)19-34-20-26(44(3,40)41)18-24(34)21-42-25-10-5-4-6-11-25/h4-14,17,24,26,30H,15-16,18-21H2,1-3H3,(H,33,35)(H,36,37)/t24?,26-,30+/m1/s1. The van der Waals surface area contributed by atoms with Crippen LogP contribution < -0.4 is 10.1 Å². The summed E-state index contributed by atoms with van der Waals surface area (Å²) in [6.45, 7) is 2.96. The van der Waals surface area contributed by atoms with Crippen LogP contribution in [0.5, 0.6) is 5.75 Å². The summed E-state index contributed by atoms with van der Waals surface area (Å²) < 4.78 is 54.3. The van der Waals surface area contributed by atoms with Crippen LogP contribution in [0.4, 0.5) is 0 Å². The highest BCUT2D eigenvalue weighted by Gasteiger charge is 2.38. The zero-order valence-corrected chi connectivity index (χ0v) is 26.6. The fraction of sp³-hybridized carbons (Fsp3) is 0.375. The highest BCUT2D eigenvalue weighted by atomic mass is 32.2. The van der Waals surface area contributed by atoms with E-state index in [1.54, 1.807) is 12.1 Å². The zero-order valence-electron chi connectivity index (χ0n) is 25.0. The second-order valence-electron chi connectivity index (χ2n) is 11.4. The van der Waals surface area contributed by atoms with Gasteiger partial charge in [0.1, 0.15) is 28.2 Å². The number of carbonyl (C=O) groups is 2. The number of nitrogens with one attached hydrogen (secondary N) is 1. The molecule has 10 nitrogen and oxygen atoms in total. The first-order chi connectivity index (χ1) is 20.7. The normalized spacial score (nSPS) is 18.1. The Balaban J connectivity index is 1.63. The van der Waals surface area contributed by atoms with E-state index in [2.05, 4.69) is 10.2 Å². The quantitative estimate of drug-likeness (QED) is 0.287. The van der Waals surface area contributed by atoms with E-state index in [4.69, 9.17) is 4.74 Å². The summed E-state index contributed by atoms with van der Waals surface area (Å²) in [6, 6.07) is 20.5. The number of carboxylic acid groups (broad SMARTS) is 1. The summed E-state index contributed by atoms with van der Waals surface area (Å²) in [5.41, 5.74) is 3.35. The molecule has 1 heterocycles. The topological polar surface area (TPSA) is 147 Å². The molecule has 1 amide bonds. The van der Waals surface area contributed by atoms with Crippen LogP contribution in [0.3, 0.4) is 0 Å². The Bertz CT molecular complexity index is 1710. The Morgan fingerprint density at radius 2 is 1.66 bits per heavy atom. The van der Waals surface area contributed by atoms with E-state index < -0.39 is 42.8 Å². The number of carbonyl (C=O) groups excluding carboxylic acids is 1. The average Bonchev–Trinajstić information content (AvgIpc) is 3.37. The number of amides is 1. The van der Waals surface area contributed by atoms with Gasteiger partial charge in [0.25, 0.3) is 5.91 Å². The Hall–Kier alpha value is -3.74. The van der Waals surface area contributed by atoms with E-state index in [-0.39, 0.29) is 23.8 Å². The summed E-state index contributed by atoms with van der Waals surface area (Å²) in [5.74, 6) is -1.64. The number of para-hydroxylation sites is 1. The van der Waals surface area contributed by atoms with Crippen molar-refractivity contribution in [2.75, 3.05) is 31.4 Å². The molecule has 0 radical (unpaired) electrons. The van der Waals surface area contributed by atoms with Crippen molar-refractivity contribution in [3.05, 3.63) is 89.5 Å². The molecule has 1 saturated heterocycles. The lowest BCUT2D eigenvalue weighted by atomic mass is 9.93. The van der Waals surface area contributed by atoms with Gasteiger partial charge in [0.05, 0.1) is 11.0 Å². The number of hydrogen-bond donors (Lipinski definition) is 2. The van der Waals surface area contributed by atoms with E-state index in [0.717, 1.165) is 22.9 Å². The minimum absolute atomic E-state index is 0.161. The van der Waals surface area contributed by atoms with Crippen LogP contribution in [0.1, 0.15) is 34.3 Å². The Labute approximate surface area is 258 Å². The van der Waals surface area contributed by atoms with Crippen LogP contribution >= 0.6 is 0 Å². The second kappa shape index (κ2) is 13.9. The number of carboxylic acids is 1. The summed E-state index contributed by atoms with van der Waals surface area (Å²) in [7, 11) is -6.72. The second-order valence-corrected chi connectivity index (χ2v) is 16.0. The molecule has 0 saturated carbocycles. The summed E-state index contributed by atoms with van der Waals surface area (Å²) >= 11 is 0. The van der Waals surface area contributed by atoms with Crippen LogP contribution in [-0.2, 0) is 31.0 Å². The fourth-order valence-corrected chi connectivity index (χ4v) is 7.07. The lowest BCUT2D eigenvalue weighted by molar-refractivity contribution is -0.139. The smallest absolute Gasteiger partial charge is 0.326 e. The molecule has 0 spiro atoms. The molecular formula is C32H38N2O8S2. The van der Waals surface area contributed by atoms with Gasteiger partial charge in [-0.05, 0) is 66.3 Å². The maximum Gasteiger partial charge on any atom is 0.326 e. The number of likely N-dealkylation sites (tertiary alicyclic amines) is 1. The molecule has 3 aromatic carbocycles. The first-order valence-electron chi connectivity index (χ1n) is 14.2. The van der Waals surface area contributed by atoms with Crippen molar-refractivity contribution >= 4 is 31.6 Å². The number of benzene rings is 3. The molecule has 0 aromatic heterocycles. The molecule has 3 atom stereocenters. The van der Waals surface area contributed by atoms with Gasteiger partial charge in [-0.3, -0.25) is 9.69 Å². The van der Waals surface area contributed by atoms with E-state index in [1.807, 2.05) is 67.6 Å². The van der Waals surface area contributed by atoms with Gasteiger partial charge in [0.15, 0.2) is 9.84 Å². The Morgan fingerprint density at radius 3 is 2.30 bits per heavy atom. The van der Waals surface area contributed by atoms with Crippen molar-refractivity contribution in [1.29, 1.82) is 0 Å². The predicted molar refractivity (Wildman–Crippen MR) is 169 cm³/mol. The monoisotopic (exact) mass is 642 g/mol. The molecule has 1 aliphatic rings. The summed E-state index contributed by atoms with van der Waals surface area (Å²) in [6.07, 6.45) is 2.43. The van der Waals surface area contributed by atoms with Crippen LogP contribution in [0.2, 0.25) is 0 Å². The minimum atomic E-state index is -3.43. The Morgan fingerprint density at radius 1 is 0.977 bits per heavy atom. The SMILES string of the molecule is Cc1ccccc1-c1cc(CN2C[C@H](S(C)(=O)=O)CC2COc2ccccc2)ccc1C(=O)N[C@@H](CCS(C)(=O)=O)C(=O)O. The number of sulfone groups is 2. The maximum atomic E-state index is 13.5. The number of rotatable bonds is 13. The third-order valence-corrected chi connectivity index (χ3v) is 10.3. The predicted octanol–water partition coefficient (Wildman–Crippen LogP) is 3.35. The number of ether oxygens (including phenoxy) is 1. The molecule has 1 unspecified atom stereocenters. The van der Waals surface area contributed by atoms with Crippen LogP contribution in [0.15, 0.2) is 72.8 Å². The van der Waals surface area contributed by atoms with Crippen LogP contribution in [-0.4, -0.2) is 87.5 Å². The highest BCUT2D eigenvalue weighted by Crippen LogP contribution is 2.31. The molecule has 1 aliphatic heterocycles. The van der Waals surface area contributed by atoms with Gasteiger partial charge in [0, 0.05) is 37.2 Å². The van der Waals surface area contributed by atoms with Gasteiger partial charge in [-0.1, -0.05) is 48.5 Å². The number of aryl methyl sites for hydroxylation is 1. The van der Waals surface area contributed by atoms with Gasteiger partial charge >= 0.3 is 5.97 Å². The van der Waals surface area contributed by atoms with Crippen molar-refractivity contribution in [2.24, 2.45) is 0 Å². The summed E-state index contributed by atoms with van der Waals surface area (Å²) in [5, 5.41) is 11.6. The van der Waals surface area contributed by atoms with Crippen molar-refractivity contribution in [3.63, 3.8) is 0 Å². The molecule has 236 valence electrons. The first-order valence-corrected chi connectivity index (χ1v) is 18.2. The third-order valence-electron chi connectivity index (χ3n) is 7.81. The van der Waals surface area contributed by atoms with E-state index in [9.17, 15) is 31.5 Å². The number of aliphatic carboxylic acids is 1. The lowest BCUT2D eigenvalue weighted by Gasteiger charge is -2.25. The van der Waals surface area contributed by atoms with E-state index >= 15 is 0 Å². The molecule has 44 heavy (non-hydrogen) atoms. The van der Waals surface area contributed by atoms with Crippen molar-refractivity contribution < 1.29 is 36.3 Å². The fourth-order valence-electron chi connectivity index (χ4n) is 5.37. The molecule has 3 aromatic rings. The molecule has 0 aliphatic carbocycles. The first kappa shape index (κ1) is 33.2. The molecule has 0 bridgehead atoms. The zero-order chi connectivity index (χ0) is 32.1. The van der Waals surface area contributed by atoms with Gasteiger partial charge < -0.3 is 15.2 Å². The number of hydrogen-bond acceptors (Lipinski definition) is 8. The molecular weight excluding hydrogens is 604 g/mol. The molecule has 4 rings (SSSR count). The third kappa shape index (κ3) is 8.90.